The van der Waals surface area contributed by atoms with Gasteiger partial charge in [-0.05, 0) is 56.3 Å². The van der Waals surface area contributed by atoms with Crippen LogP contribution in [0.4, 0.5) is 0 Å². The molecule has 1 atom stereocenters. The Morgan fingerprint density at radius 2 is 1.86 bits per heavy atom. The normalized spacial score (nSPS) is 29.0. The number of esters is 1. The van der Waals surface area contributed by atoms with Crippen LogP contribution < -0.4 is 0 Å². The maximum atomic E-state index is 11.7. The number of rotatable bonds is 6. The fraction of sp³-hybridized carbons (Fsp3) is 0.765. The molecule has 0 spiro atoms. The van der Waals surface area contributed by atoms with Crippen molar-refractivity contribution in [2.24, 2.45) is 17.8 Å². The number of aliphatic carboxylic acids is 1. The van der Waals surface area contributed by atoms with Crippen molar-refractivity contribution in [1.29, 1.82) is 0 Å². The third kappa shape index (κ3) is 4.08. The van der Waals surface area contributed by atoms with Crippen molar-refractivity contribution in [3.8, 4) is 0 Å². The molecule has 2 fully saturated rings. The monoisotopic (exact) mass is 294 g/mol. The molecule has 4 nitrogen and oxygen atoms in total. The van der Waals surface area contributed by atoms with Gasteiger partial charge in [0, 0.05) is 12.2 Å². The zero-order chi connectivity index (χ0) is 15.5. The smallest absolute Gasteiger partial charge is 0.331 e. The first-order valence-corrected chi connectivity index (χ1v) is 8.11. The number of ether oxygens (including phenoxy) is 1. The first-order chi connectivity index (χ1) is 9.97. The van der Waals surface area contributed by atoms with Gasteiger partial charge in [0.2, 0.25) is 0 Å². The number of carboxylic acids is 1. The van der Waals surface area contributed by atoms with E-state index >= 15 is 0 Å². The summed E-state index contributed by atoms with van der Waals surface area (Å²) >= 11 is 0. The largest absolute Gasteiger partial charge is 0.478 e. The molecular weight excluding hydrogens is 268 g/mol. The van der Waals surface area contributed by atoms with Crippen LogP contribution in [0.3, 0.4) is 0 Å². The molecule has 4 heteroatoms. The summed E-state index contributed by atoms with van der Waals surface area (Å²) in [5, 5.41) is 8.53. The summed E-state index contributed by atoms with van der Waals surface area (Å²) in [5.41, 5.74) is -0.291. The molecule has 2 aliphatic rings. The second-order valence-corrected chi connectivity index (χ2v) is 6.65. The highest BCUT2D eigenvalue weighted by atomic mass is 16.6. The Bertz CT molecular complexity index is 415. The molecule has 0 amide bonds. The van der Waals surface area contributed by atoms with Gasteiger partial charge in [-0.2, -0.15) is 0 Å². The Morgan fingerprint density at radius 1 is 1.24 bits per heavy atom. The van der Waals surface area contributed by atoms with Gasteiger partial charge >= 0.3 is 11.9 Å². The molecule has 0 heterocycles. The molecule has 2 saturated carbocycles. The molecule has 1 unspecified atom stereocenters. The molecule has 0 aromatic heterocycles. The highest BCUT2D eigenvalue weighted by Crippen LogP contribution is 2.52. The predicted octanol–water partition coefficient (Wildman–Crippen LogP) is 3.56. The molecule has 0 radical (unpaired) electrons. The summed E-state index contributed by atoms with van der Waals surface area (Å²) < 4.78 is 5.57. The quantitative estimate of drug-likeness (QED) is 0.601. The second-order valence-electron chi connectivity index (χ2n) is 6.65. The number of hydrogen-bond donors (Lipinski definition) is 1. The minimum atomic E-state index is -1.12. The second kappa shape index (κ2) is 6.63. The van der Waals surface area contributed by atoms with E-state index < -0.39 is 11.9 Å². The Hall–Kier alpha value is -1.32. The van der Waals surface area contributed by atoms with E-state index in [1.54, 1.807) is 0 Å². The lowest BCUT2D eigenvalue weighted by atomic mass is 9.73. The zero-order valence-corrected chi connectivity index (χ0v) is 13.0. The van der Waals surface area contributed by atoms with Crippen LogP contribution in [-0.4, -0.2) is 22.6 Å². The van der Waals surface area contributed by atoms with Crippen LogP contribution in [0, 0.1) is 17.8 Å². The van der Waals surface area contributed by atoms with E-state index in [0.29, 0.717) is 5.92 Å². The van der Waals surface area contributed by atoms with Crippen molar-refractivity contribution in [1.82, 2.24) is 0 Å². The van der Waals surface area contributed by atoms with E-state index in [1.807, 2.05) is 0 Å². The molecule has 0 aliphatic heterocycles. The molecule has 0 bridgehead atoms. The van der Waals surface area contributed by atoms with E-state index in [-0.39, 0.29) is 5.60 Å². The van der Waals surface area contributed by atoms with Gasteiger partial charge in [0.05, 0.1) is 0 Å². The molecule has 118 valence electrons. The summed E-state index contributed by atoms with van der Waals surface area (Å²) in [4.78, 5) is 22.1. The summed E-state index contributed by atoms with van der Waals surface area (Å²) in [6.45, 7) is 4.57. The summed E-state index contributed by atoms with van der Waals surface area (Å²) in [6.07, 6.45) is 9.67. The molecule has 2 rings (SSSR count). The maximum Gasteiger partial charge on any atom is 0.331 e. The Labute approximate surface area is 126 Å². The molecule has 0 aromatic rings. The van der Waals surface area contributed by atoms with Crippen molar-refractivity contribution in [2.75, 3.05) is 0 Å². The van der Waals surface area contributed by atoms with E-state index in [2.05, 4.69) is 13.8 Å². The lowest BCUT2D eigenvalue weighted by Crippen LogP contribution is -2.32. The highest BCUT2D eigenvalue weighted by Gasteiger charge is 2.53. The van der Waals surface area contributed by atoms with Gasteiger partial charge in [-0.15, -0.1) is 0 Å². The van der Waals surface area contributed by atoms with Crippen LogP contribution >= 0.6 is 0 Å². The van der Waals surface area contributed by atoms with Crippen LogP contribution in [0.15, 0.2) is 12.2 Å². The standard InChI is InChI=1S/C17H26O4/c1-3-12(2)13-4-6-14(7-5-13)17(10-11-17)21-16(20)9-8-15(18)19/h8-9,12-14H,3-7,10-11H2,1-2H3,(H,18,19)/b9-8+. The van der Waals surface area contributed by atoms with Gasteiger partial charge in [0.25, 0.3) is 0 Å². The molecule has 21 heavy (non-hydrogen) atoms. The molecule has 0 aromatic carbocycles. The van der Waals surface area contributed by atoms with E-state index in [1.165, 1.54) is 19.3 Å². The lowest BCUT2D eigenvalue weighted by Gasteiger charge is -2.35. The Kier molecular flexibility index (Phi) is 5.07. The molecular formula is C17H26O4. The average Bonchev–Trinajstić information content (AvgIpc) is 3.25. The number of carbonyl (C=O) groups is 2. The lowest BCUT2D eigenvalue weighted by molar-refractivity contribution is -0.150. The third-order valence-electron chi connectivity index (χ3n) is 5.37. The minimum absolute atomic E-state index is 0.291. The molecule has 0 saturated heterocycles. The average molecular weight is 294 g/mol. The maximum absolute atomic E-state index is 11.7. The predicted molar refractivity (Wildman–Crippen MR) is 79.7 cm³/mol. The van der Waals surface area contributed by atoms with Crippen LogP contribution in [0.1, 0.15) is 58.8 Å². The van der Waals surface area contributed by atoms with Gasteiger partial charge in [0.1, 0.15) is 5.60 Å². The van der Waals surface area contributed by atoms with Crippen LogP contribution in [0.25, 0.3) is 0 Å². The fourth-order valence-corrected chi connectivity index (χ4v) is 3.64. The van der Waals surface area contributed by atoms with E-state index in [4.69, 9.17) is 9.84 Å². The zero-order valence-electron chi connectivity index (χ0n) is 13.0. The van der Waals surface area contributed by atoms with Crippen molar-refractivity contribution in [3.05, 3.63) is 12.2 Å². The van der Waals surface area contributed by atoms with E-state index in [0.717, 1.165) is 49.7 Å². The minimum Gasteiger partial charge on any atom is -0.478 e. The Morgan fingerprint density at radius 3 is 2.33 bits per heavy atom. The van der Waals surface area contributed by atoms with Crippen LogP contribution in [-0.2, 0) is 14.3 Å². The van der Waals surface area contributed by atoms with Crippen LogP contribution in [0.2, 0.25) is 0 Å². The number of carboxylic acid groups (broad SMARTS) is 1. The van der Waals surface area contributed by atoms with Gasteiger partial charge in [0.15, 0.2) is 0 Å². The van der Waals surface area contributed by atoms with Gasteiger partial charge in [-0.3, -0.25) is 0 Å². The van der Waals surface area contributed by atoms with Crippen LogP contribution in [0.5, 0.6) is 0 Å². The topological polar surface area (TPSA) is 63.6 Å². The number of hydrogen-bond acceptors (Lipinski definition) is 3. The van der Waals surface area contributed by atoms with Gasteiger partial charge < -0.3 is 9.84 Å². The molecule has 2 aliphatic carbocycles. The first kappa shape index (κ1) is 16.1. The fourth-order valence-electron chi connectivity index (χ4n) is 3.64. The van der Waals surface area contributed by atoms with Gasteiger partial charge in [-0.1, -0.05) is 20.3 Å². The molecule has 1 N–H and O–H groups in total. The first-order valence-electron chi connectivity index (χ1n) is 8.11. The van der Waals surface area contributed by atoms with Crippen molar-refractivity contribution in [3.63, 3.8) is 0 Å². The van der Waals surface area contributed by atoms with Crippen molar-refractivity contribution in [2.45, 2.75) is 64.4 Å². The van der Waals surface area contributed by atoms with Gasteiger partial charge in [-0.25, -0.2) is 9.59 Å². The summed E-state index contributed by atoms with van der Waals surface area (Å²) in [7, 11) is 0. The highest BCUT2D eigenvalue weighted by molar-refractivity contribution is 5.91. The van der Waals surface area contributed by atoms with Crippen molar-refractivity contribution < 1.29 is 19.4 Å². The summed E-state index contributed by atoms with van der Waals surface area (Å²) in [6, 6.07) is 0. The van der Waals surface area contributed by atoms with Crippen molar-refractivity contribution >= 4 is 11.9 Å². The third-order valence-corrected chi connectivity index (χ3v) is 5.37. The SMILES string of the molecule is CCC(C)C1CCC(C2(OC(=O)/C=C/C(=O)O)CC2)CC1. The number of carbonyl (C=O) groups excluding carboxylic acids is 1. The Balaban J connectivity index is 1.85. The van der Waals surface area contributed by atoms with E-state index in [9.17, 15) is 9.59 Å². The summed E-state index contributed by atoms with van der Waals surface area (Å²) in [5.74, 6) is 0.414.